The van der Waals surface area contributed by atoms with Crippen molar-refractivity contribution in [2.24, 2.45) is 11.3 Å². The summed E-state index contributed by atoms with van der Waals surface area (Å²) in [6.45, 7) is 1.15. The largest absolute Gasteiger partial charge is 0.393 e. The summed E-state index contributed by atoms with van der Waals surface area (Å²) in [6.07, 6.45) is 16.3. The molecule has 2 atom stereocenters. The predicted molar refractivity (Wildman–Crippen MR) is 79.1 cm³/mol. The van der Waals surface area contributed by atoms with Gasteiger partial charge in [-0.1, -0.05) is 19.3 Å². The second kappa shape index (κ2) is 6.13. The molecule has 110 valence electrons. The molecule has 0 aromatic carbocycles. The fourth-order valence-electron chi connectivity index (χ4n) is 4.84. The molecule has 0 radical (unpaired) electrons. The zero-order valence-electron chi connectivity index (χ0n) is 12.4. The molecule has 2 unspecified atom stereocenters. The third-order valence-corrected chi connectivity index (χ3v) is 6.16. The second-order valence-corrected chi connectivity index (χ2v) is 7.58. The van der Waals surface area contributed by atoms with E-state index in [9.17, 15) is 5.11 Å². The monoisotopic (exact) mass is 265 g/mol. The summed E-state index contributed by atoms with van der Waals surface area (Å²) in [5.74, 6) is 0.728. The maximum Gasteiger partial charge on any atom is 0.0543 e. The minimum Gasteiger partial charge on any atom is -0.393 e. The van der Waals surface area contributed by atoms with E-state index in [4.69, 9.17) is 0 Å². The number of hydrogen-bond acceptors (Lipinski definition) is 2. The molecule has 0 aromatic heterocycles. The fraction of sp³-hybridized carbons (Fsp3) is 1.00. The van der Waals surface area contributed by atoms with E-state index < -0.39 is 0 Å². The maximum absolute atomic E-state index is 9.73. The zero-order chi connectivity index (χ0) is 13.1. The number of nitrogens with one attached hydrogen (secondary N) is 1. The Bertz CT molecular complexity index is 275. The lowest BCUT2D eigenvalue weighted by Gasteiger charge is -2.38. The van der Waals surface area contributed by atoms with Gasteiger partial charge in [0, 0.05) is 6.04 Å². The van der Waals surface area contributed by atoms with E-state index in [1.54, 1.807) is 0 Å². The predicted octanol–water partition coefficient (Wildman–Crippen LogP) is 3.63. The zero-order valence-corrected chi connectivity index (χ0v) is 12.4. The van der Waals surface area contributed by atoms with Crippen molar-refractivity contribution in [3.63, 3.8) is 0 Å². The molecule has 0 aromatic rings. The van der Waals surface area contributed by atoms with Gasteiger partial charge in [-0.3, -0.25) is 0 Å². The number of aliphatic hydroxyl groups is 1. The molecule has 3 rings (SSSR count). The van der Waals surface area contributed by atoms with Crippen LogP contribution in [0.15, 0.2) is 0 Å². The van der Waals surface area contributed by atoms with Gasteiger partial charge in [-0.25, -0.2) is 0 Å². The van der Waals surface area contributed by atoms with Crippen molar-refractivity contribution in [2.45, 2.75) is 89.2 Å². The minimum atomic E-state index is -0.0198. The van der Waals surface area contributed by atoms with Gasteiger partial charge in [-0.2, -0.15) is 0 Å². The van der Waals surface area contributed by atoms with Crippen molar-refractivity contribution < 1.29 is 5.11 Å². The minimum absolute atomic E-state index is 0.0198. The molecule has 3 fully saturated rings. The topological polar surface area (TPSA) is 32.3 Å². The highest BCUT2D eigenvalue weighted by Gasteiger charge is 2.37. The summed E-state index contributed by atoms with van der Waals surface area (Å²) in [4.78, 5) is 0. The van der Waals surface area contributed by atoms with Crippen LogP contribution < -0.4 is 5.32 Å². The van der Waals surface area contributed by atoms with Gasteiger partial charge in [-0.05, 0) is 75.7 Å². The Morgan fingerprint density at radius 2 is 1.63 bits per heavy atom. The van der Waals surface area contributed by atoms with E-state index in [2.05, 4.69) is 5.32 Å². The molecule has 0 bridgehead atoms. The van der Waals surface area contributed by atoms with Crippen LogP contribution in [-0.4, -0.2) is 23.8 Å². The van der Waals surface area contributed by atoms with E-state index in [0.717, 1.165) is 36.8 Å². The molecular weight excluding hydrogens is 234 g/mol. The van der Waals surface area contributed by atoms with Gasteiger partial charge >= 0.3 is 0 Å². The molecule has 2 nitrogen and oxygen atoms in total. The number of rotatable bonds is 3. The third-order valence-electron chi connectivity index (χ3n) is 6.16. The summed E-state index contributed by atoms with van der Waals surface area (Å²) in [7, 11) is 0. The molecule has 3 saturated carbocycles. The van der Waals surface area contributed by atoms with Gasteiger partial charge in [0.1, 0.15) is 0 Å². The Morgan fingerprint density at radius 3 is 2.32 bits per heavy atom. The Morgan fingerprint density at radius 1 is 0.895 bits per heavy atom. The van der Waals surface area contributed by atoms with Crippen LogP contribution in [0.25, 0.3) is 0 Å². The molecule has 19 heavy (non-hydrogen) atoms. The first-order chi connectivity index (χ1) is 9.26. The van der Waals surface area contributed by atoms with Crippen molar-refractivity contribution >= 4 is 0 Å². The van der Waals surface area contributed by atoms with Gasteiger partial charge in [0.05, 0.1) is 6.10 Å². The SMILES string of the molecule is OC1CCCC(CNC2CCC3(CCCC3)CC2)C1. The second-order valence-electron chi connectivity index (χ2n) is 7.58. The number of aliphatic hydroxyl groups excluding tert-OH is 1. The Labute approximate surface area is 118 Å². The van der Waals surface area contributed by atoms with E-state index in [1.807, 2.05) is 0 Å². The molecular formula is C17H31NO. The highest BCUT2D eigenvalue weighted by molar-refractivity contribution is 4.91. The fourth-order valence-corrected chi connectivity index (χ4v) is 4.84. The van der Waals surface area contributed by atoms with Gasteiger partial charge < -0.3 is 10.4 Å². The van der Waals surface area contributed by atoms with Crippen molar-refractivity contribution in [3.8, 4) is 0 Å². The Kier molecular flexibility index (Phi) is 4.48. The molecule has 0 saturated heterocycles. The Hall–Kier alpha value is -0.0800. The smallest absolute Gasteiger partial charge is 0.0543 e. The van der Waals surface area contributed by atoms with E-state index in [0.29, 0.717) is 0 Å². The molecule has 1 spiro atoms. The van der Waals surface area contributed by atoms with Crippen LogP contribution in [0.3, 0.4) is 0 Å². The normalized spacial score (nSPS) is 35.8. The summed E-state index contributed by atoms with van der Waals surface area (Å²) in [5, 5.41) is 13.5. The van der Waals surface area contributed by atoms with E-state index >= 15 is 0 Å². The highest BCUT2D eigenvalue weighted by Crippen LogP contribution is 2.48. The summed E-state index contributed by atoms with van der Waals surface area (Å²) in [6, 6.07) is 0.769. The highest BCUT2D eigenvalue weighted by atomic mass is 16.3. The van der Waals surface area contributed by atoms with Crippen LogP contribution in [0.4, 0.5) is 0 Å². The first-order valence-corrected chi connectivity index (χ1v) is 8.67. The van der Waals surface area contributed by atoms with Gasteiger partial charge in [0.15, 0.2) is 0 Å². The van der Waals surface area contributed by atoms with Gasteiger partial charge in [0.25, 0.3) is 0 Å². The molecule has 0 amide bonds. The molecule has 3 aliphatic rings. The van der Waals surface area contributed by atoms with Crippen molar-refractivity contribution in [1.29, 1.82) is 0 Å². The van der Waals surface area contributed by atoms with Crippen molar-refractivity contribution in [2.75, 3.05) is 6.54 Å². The van der Waals surface area contributed by atoms with Crippen LogP contribution >= 0.6 is 0 Å². The van der Waals surface area contributed by atoms with Gasteiger partial charge in [0.2, 0.25) is 0 Å². The van der Waals surface area contributed by atoms with Crippen molar-refractivity contribution in [1.82, 2.24) is 5.32 Å². The average molecular weight is 265 g/mol. The molecule has 0 aliphatic heterocycles. The summed E-state index contributed by atoms with van der Waals surface area (Å²) >= 11 is 0. The first kappa shape index (κ1) is 13.9. The van der Waals surface area contributed by atoms with Gasteiger partial charge in [-0.15, -0.1) is 0 Å². The molecule has 2 heteroatoms. The molecule has 0 heterocycles. The van der Waals surface area contributed by atoms with Crippen LogP contribution in [0.5, 0.6) is 0 Å². The van der Waals surface area contributed by atoms with E-state index in [-0.39, 0.29) is 6.10 Å². The summed E-state index contributed by atoms with van der Waals surface area (Å²) < 4.78 is 0. The molecule has 2 N–H and O–H groups in total. The Balaban J connectivity index is 1.37. The third kappa shape index (κ3) is 3.52. The van der Waals surface area contributed by atoms with Crippen LogP contribution in [0, 0.1) is 11.3 Å². The van der Waals surface area contributed by atoms with E-state index in [1.165, 1.54) is 64.2 Å². The lowest BCUT2D eigenvalue weighted by molar-refractivity contribution is 0.0967. The standard InChI is InChI=1S/C17H31NO/c19-16-5-3-4-14(12-16)13-18-15-6-10-17(11-7-15)8-1-2-9-17/h14-16,18-19H,1-13H2. The lowest BCUT2D eigenvalue weighted by Crippen LogP contribution is -2.40. The quantitative estimate of drug-likeness (QED) is 0.816. The maximum atomic E-state index is 9.73. The first-order valence-electron chi connectivity index (χ1n) is 8.67. The molecule has 3 aliphatic carbocycles. The van der Waals surface area contributed by atoms with Crippen molar-refractivity contribution in [3.05, 3.63) is 0 Å². The van der Waals surface area contributed by atoms with Crippen LogP contribution in [0.1, 0.15) is 77.0 Å². The lowest BCUT2D eigenvalue weighted by atomic mass is 9.71. The van der Waals surface area contributed by atoms with Crippen LogP contribution in [-0.2, 0) is 0 Å². The summed E-state index contributed by atoms with van der Waals surface area (Å²) in [5.41, 5.74) is 0.763. The average Bonchev–Trinajstić information content (AvgIpc) is 2.87. The number of hydrogen-bond donors (Lipinski definition) is 2. The van der Waals surface area contributed by atoms with Crippen LogP contribution in [0.2, 0.25) is 0 Å².